The van der Waals surface area contributed by atoms with Crippen LogP contribution in [0.25, 0.3) is 10.9 Å². The minimum Gasteiger partial charge on any atom is -0.496 e. The van der Waals surface area contributed by atoms with Gasteiger partial charge in [0.15, 0.2) is 0 Å². The lowest BCUT2D eigenvalue weighted by Gasteiger charge is -2.29. The number of carbonyl (C=O) groups excluding carboxylic acids is 1. The van der Waals surface area contributed by atoms with E-state index < -0.39 is 0 Å². The van der Waals surface area contributed by atoms with Gasteiger partial charge in [0.1, 0.15) is 5.75 Å². The number of rotatable bonds is 5. The lowest BCUT2D eigenvalue weighted by Crippen LogP contribution is -2.39. The van der Waals surface area contributed by atoms with Crippen molar-refractivity contribution in [2.24, 2.45) is 0 Å². The Morgan fingerprint density at radius 1 is 1.13 bits per heavy atom. The number of fused-ring (bicyclic) bond motifs is 1. The molecule has 1 fully saturated rings. The lowest BCUT2D eigenvalue weighted by atomic mass is 10.0. The molecule has 156 valence electrons. The number of ether oxygens (including phenoxy) is 1. The van der Waals surface area contributed by atoms with Crippen LogP contribution in [0.5, 0.6) is 5.75 Å². The highest BCUT2D eigenvalue weighted by Gasteiger charge is 2.29. The minimum atomic E-state index is -0.134. The molecule has 1 aliphatic carbocycles. The van der Waals surface area contributed by atoms with Crippen molar-refractivity contribution in [2.75, 3.05) is 7.11 Å². The van der Waals surface area contributed by atoms with Gasteiger partial charge < -0.3 is 14.6 Å². The van der Waals surface area contributed by atoms with E-state index >= 15 is 0 Å². The first-order valence-electron chi connectivity index (χ1n) is 10.5. The number of aryl methyl sites for hydroxylation is 2. The molecule has 0 atom stereocenters. The number of aromatic nitrogens is 1. The predicted octanol–water partition coefficient (Wildman–Crippen LogP) is 4.74. The Kier molecular flexibility index (Phi) is 5.62. The van der Waals surface area contributed by atoms with Crippen molar-refractivity contribution in [1.82, 2.24) is 9.88 Å². The SMILES string of the molecule is COc1ccccc1C(=O)N(Cc1cc2cc(C)cc(C)c2[nH]c1=O)C1CCCC1. The van der Waals surface area contributed by atoms with E-state index in [-0.39, 0.29) is 17.5 Å². The molecule has 4 rings (SSSR count). The fourth-order valence-corrected chi connectivity index (χ4v) is 4.59. The van der Waals surface area contributed by atoms with Crippen LogP contribution in [-0.2, 0) is 6.54 Å². The van der Waals surface area contributed by atoms with Crippen molar-refractivity contribution >= 4 is 16.8 Å². The summed E-state index contributed by atoms with van der Waals surface area (Å²) in [7, 11) is 1.57. The topological polar surface area (TPSA) is 62.4 Å². The number of hydrogen-bond donors (Lipinski definition) is 1. The largest absolute Gasteiger partial charge is 0.496 e. The van der Waals surface area contributed by atoms with Gasteiger partial charge in [-0.15, -0.1) is 0 Å². The molecule has 0 spiro atoms. The van der Waals surface area contributed by atoms with E-state index in [0.717, 1.165) is 47.7 Å². The number of methoxy groups -OCH3 is 1. The van der Waals surface area contributed by atoms with Crippen molar-refractivity contribution in [3.05, 3.63) is 75.1 Å². The molecule has 0 aliphatic heterocycles. The van der Waals surface area contributed by atoms with Crippen LogP contribution in [0.15, 0.2) is 47.3 Å². The van der Waals surface area contributed by atoms with Crippen molar-refractivity contribution in [1.29, 1.82) is 0 Å². The van der Waals surface area contributed by atoms with E-state index in [0.29, 0.717) is 23.4 Å². The highest BCUT2D eigenvalue weighted by molar-refractivity contribution is 5.97. The average molecular weight is 405 g/mol. The minimum absolute atomic E-state index is 0.0840. The summed E-state index contributed by atoms with van der Waals surface area (Å²) in [6, 6.07) is 13.5. The third-order valence-corrected chi connectivity index (χ3v) is 6.07. The number of nitrogens with zero attached hydrogens (tertiary/aromatic N) is 1. The quantitative estimate of drug-likeness (QED) is 0.668. The summed E-state index contributed by atoms with van der Waals surface area (Å²) < 4.78 is 5.42. The van der Waals surface area contributed by atoms with Crippen molar-refractivity contribution in [3.8, 4) is 5.75 Å². The molecule has 5 nitrogen and oxygen atoms in total. The van der Waals surface area contributed by atoms with Gasteiger partial charge in [-0.1, -0.05) is 36.6 Å². The zero-order valence-electron chi connectivity index (χ0n) is 17.8. The molecule has 30 heavy (non-hydrogen) atoms. The van der Waals surface area contributed by atoms with Gasteiger partial charge in [-0.25, -0.2) is 0 Å². The number of pyridine rings is 1. The normalized spacial score (nSPS) is 14.2. The summed E-state index contributed by atoms with van der Waals surface area (Å²) in [5.74, 6) is 0.475. The van der Waals surface area contributed by atoms with Gasteiger partial charge in [-0.3, -0.25) is 9.59 Å². The molecule has 1 aromatic heterocycles. The lowest BCUT2D eigenvalue weighted by molar-refractivity contribution is 0.0660. The fourth-order valence-electron chi connectivity index (χ4n) is 4.59. The van der Waals surface area contributed by atoms with Gasteiger partial charge in [0.25, 0.3) is 11.5 Å². The zero-order chi connectivity index (χ0) is 21.3. The standard InChI is InChI=1S/C25H28N2O3/c1-16-12-17(2)23-18(13-16)14-19(24(28)26-23)15-27(20-8-4-5-9-20)25(29)21-10-6-7-11-22(21)30-3/h6-7,10-14,20H,4-5,8-9,15H2,1-3H3,(H,26,28). The molecule has 0 radical (unpaired) electrons. The van der Waals surface area contributed by atoms with Crippen LogP contribution >= 0.6 is 0 Å². The average Bonchev–Trinajstić information content (AvgIpc) is 3.27. The van der Waals surface area contributed by atoms with Gasteiger partial charge in [0, 0.05) is 11.6 Å². The van der Waals surface area contributed by atoms with Crippen molar-refractivity contribution in [3.63, 3.8) is 0 Å². The molecule has 2 aromatic carbocycles. The molecule has 5 heteroatoms. The molecule has 0 saturated heterocycles. The second kappa shape index (κ2) is 8.34. The summed E-state index contributed by atoms with van der Waals surface area (Å²) in [5.41, 5.74) is 4.07. The van der Waals surface area contributed by atoms with Crippen molar-refractivity contribution < 1.29 is 9.53 Å². The molecule has 3 aromatic rings. The van der Waals surface area contributed by atoms with Gasteiger partial charge in [-0.2, -0.15) is 0 Å². The van der Waals surface area contributed by atoms with Crippen LogP contribution < -0.4 is 10.3 Å². The third kappa shape index (κ3) is 3.84. The van der Waals surface area contributed by atoms with Crippen LogP contribution in [0.2, 0.25) is 0 Å². The number of H-pyrrole nitrogens is 1. The second-order valence-electron chi connectivity index (χ2n) is 8.24. The Hall–Kier alpha value is -3.08. The molecule has 0 unspecified atom stereocenters. The number of hydrogen-bond acceptors (Lipinski definition) is 3. The van der Waals surface area contributed by atoms with E-state index in [1.807, 2.05) is 36.9 Å². The molecule has 1 heterocycles. The number of aromatic amines is 1. The predicted molar refractivity (Wildman–Crippen MR) is 119 cm³/mol. The number of amides is 1. The number of benzene rings is 2. The van der Waals surface area contributed by atoms with E-state index in [9.17, 15) is 9.59 Å². The molecule has 1 amide bonds. The first kappa shape index (κ1) is 20.2. The maximum Gasteiger partial charge on any atom is 0.258 e. The molecule has 1 saturated carbocycles. The summed E-state index contributed by atoms with van der Waals surface area (Å²) in [5, 5.41) is 0.998. The van der Waals surface area contributed by atoms with Gasteiger partial charge in [-0.05, 0) is 61.9 Å². The zero-order valence-corrected chi connectivity index (χ0v) is 17.8. The van der Waals surface area contributed by atoms with Gasteiger partial charge >= 0.3 is 0 Å². The van der Waals surface area contributed by atoms with Crippen LogP contribution in [0, 0.1) is 13.8 Å². The Morgan fingerprint density at radius 3 is 2.60 bits per heavy atom. The van der Waals surface area contributed by atoms with Crippen LogP contribution in [0.1, 0.15) is 52.7 Å². The molecular formula is C25H28N2O3. The van der Waals surface area contributed by atoms with E-state index in [1.165, 1.54) is 0 Å². The maximum absolute atomic E-state index is 13.5. The van der Waals surface area contributed by atoms with E-state index in [2.05, 4.69) is 17.1 Å². The Morgan fingerprint density at radius 2 is 1.87 bits per heavy atom. The number of nitrogens with one attached hydrogen (secondary N) is 1. The first-order valence-corrected chi connectivity index (χ1v) is 10.5. The van der Waals surface area contributed by atoms with E-state index in [4.69, 9.17) is 4.74 Å². The maximum atomic E-state index is 13.5. The second-order valence-corrected chi connectivity index (χ2v) is 8.24. The first-order chi connectivity index (χ1) is 14.5. The fraction of sp³-hybridized carbons (Fsp3) is 0.360. The van der Waals surface area contributed by atoms with Gasteiger partial charge in [0.05, 0.1) is 24.7 Å². The highest BCUT2D eigenvalue weighted by Crippen LogP contribution is 2.29. The summed E-state index contributed by atoms with van der Waals surface area (Å²) >= 11 is 0. The molecule has 1 N–H and O–H groups in total. The van der Waals surface area contributed by atoms with Crippen molar-refractivity contribution in [2.45, 2.75) is 52.1 Å². The Balaban J connectivity index is 1.75. The third-order valence-electron chi connectivity index (χ3n) is 6.07. The number of carbonyl (C=O) groups is 1. The van der Waals surface area contributed by atoms with Crippen LogP contribution in [0.3, 0.4) is 0 Å². The Bertz CT molecular complexity index is 1140. The van der Waals surface area contributed by atoms with Gasteiger partial charge in [0.2, 0.25) is 0 Å². The Labute approximate surface area is 176 Å². The smallest absolute Gasteiger partial charge is 0.258 e. The monoisotopic (exact) mass is 404 g/mol. The summed E-state index contributed by atoms with van der Waals surface area (Å²) in [4.78, 5) is 31.3. The highest BCUT2D eigenvalue weighted by atomic mass is 16.5. The van der Waals surface area contributed by atoms with E-state index in [1.54, 1.807) is 19.2 Å². The molecule has 1 aliphatic rings. The van der Waals surface area contributed by atoms with Crippen LogP contribution in [-0.4, -0.2) is 28.9 Å². The number of para-hydroxylation sites is 1. The molecular weight excluding hydrogens is 376 g/mol. The summed E-state index contributed by atoms with van der Waals surface area (Å²) in [6.45, 7) is 4.34. The molecule has 0 bridgehead atoms. The van der Waals surface area contributed by atoms with Crippen LogP contribution in [0.4, 0.5) is 0 Å². The summed E-state index contributed by atoms with van der Waals surface area (Å²) in [6.07, 6.45) is 4.13.